The third kappa shape index (κ3) is 2.56. The van der Waals surface area contributed by atoms with Crippen molar-refractivity contribution in [3.63, 3.8) is 0 Å². The lowest BCUT2D eigenvalue weighted by atomic mass is 10.1. The molecule has 0 saturated carbocycles. The number of rotatable bonds is 3. The van der Waals surface area contributed by atoms with Crippen LogP contribution in [0, 0.1) is 0 Å². The molecule has 7 heteroatoms. The number of fused-ring (bicyclic) bond motifs is 3. The summed E-state index contributed by atoms with van der Waals surface area (Å²) in [6.07, 6.45) is 1.45. The minimum Gasteiger partial charge on any atom is -0.382 e. The molecule has 6 nitrogen and oxygen atoms in total. The first-order valence-corrected chi connectivity index (χ1v) is 9.61. The molecule has 4 N–H and O–H groups in total. The van der Waals surface area contributed by atoms with Crippen molar-refractivity contribution >= 4 is 39.1 Å². The van der Waals surface area contributed by atoms with E-state index in [0.717, 1.165) is 47.2 Å². The molecule has 26 heavy (non-hydrogen) atoms. The predicted molar refractivity (Wildman–Crippen MR) is 105 cm³/mol. The maximum Gasteiger partial charge on any atom is 0.152 e. The number of nitrogens with one attached hydrogen (secondary N) is 1. The third-order valence-corrected chi connectivity index (χ3v) is 5.91. The summed E-state index contributed by atoms with van der Waals surface area (Å²) in [4.78, 5) is 15.8. The van der Waals surface area contributed by atoms with Crippen LogP contribution in [0.25, 0.3) is 32.4 Å². The monoisotopic (exact) mass is 365 g/mol. The number of aliphatic hydroxyl groups excluding tert-OH is 1. The first-order chi connectivity index (χ1) is 12.7. The van der Waals surface area contributed by atoms with Gasteiger partial charge in [-0.15, -0.1) is 11.3 Å². The van der Waals surface area contributed by atoms with Crippen molar-refractivity contribution < 1.29 is 5.11 Å². The highest BCUT2D eigenvalue weighted by atomic mass is 32.1. The van der Waals surface area contributed by atoms with Gasteiger partial charge in [-0.05, 0) is 42.0 Å². The summed E-state index contributed by atoms with van der Waals surface area (Å²) in [5.41, 5.74) is 9.79. The van der Waals surface area contributed by atoms with Crippen LogP contribution in [0.1, 0.15) is 18.7 Å². The van der Waals surface area contributed by atoms with Crippen molar-refractivity contribution in [3.8, 4) is 10.4 Å². The van der Waals surface area contributed by atoms with Crippen molar-refractivity contribution in [1.82, 2.24) is 19.9 Å². The number of imidazole rings is 1. The van der Waals surface area contributed by atoms with Crippen LogP contribution in [0.2, 0.25) is 0 Å². The number of aromatic nitrogens is 3. The largest absolute Gasteiger partial charge is 0.382 e. The summed E-state index contributed by atoms with van der Waals surface area (Å²) in [6, 6.07) is 10.4. The average molecular weight is 365 g/mol. The molecule has 1 aromatic carbocycles. The topological polar surface area (TPSA) is 91.1 Å². The standard InChI is InChI=1S/C19H19N5OS/c20-19-18-17(22-15(23-18)10-24-7-1-4-16(24)25)12-6-5-11(9-13(12)21-19)14-3-2-8-26-14/h2-3,5-6,8-9,16,25H,1,4,7,10H2,(H2,20,21)(H,22,23). The molecule has 0 bridgehead atoms. The Labute approximate surface area is 154 Å². The maximum absolute atomic E-state index is 10.0. The van der Waals surface area contributed by atoms with Crippen LogP contribution < -0.4 is 5.73 Å². The van der Waals surface area contributed by atoms with Gasteiger partial charge in [0.1, 0.15) is 17.6 Å². The fraction of sp³-hybridized carbons (Fsp3) is 0.263. The normalized spacial score (nSPS) is 18.3. The number of thiophene rings is 1. The van der Waals surface area contributed by atoms with Crippen molar-refractivity contribution in [2.24, 2.45) is 0 Å². The lowest BCUT2D eigenvalue weighted by molar-refractivity contribution is 0.0314. The summed E-state index contributed by atoms with van der Waals surface area (Å²) in [5, 5.41) is 13.1. The molecule has 0 radical (unpaired) electrons. The molecule has 0 amide bonds. The quantitative estimate of drug-likeness (QED) is 0.518. The van der Waals surface area contributed by atoms with E-state index in [0.29, 0.717) is 17.9 Å². The van der Waals surface area contributed by atoms with Crippen LogP contribution in [-0.2, 0) is 6.54 Å². The van der Waals surface area contributed by atoms with Crippen molar-refractivity contribution in [1.29, 1.82) is 0 Å². The Bertz CT molecular complexity index is 1090. The molecule has 0 aliphatic carbocycles. The fourth-order valence-electron chi connectivity index (χ4n) is 3.68. The number of benzene rings is 1. The Morgan fingerprint density at radius 1 is 1.31 bits per heavy atom. The van der Waals surface area contributed by atoms with Gasteiger partial charge in [-0.1, -0.05) is 12.1 Å². The van der Waals surface area contributed by atoms with Crippen molar-refractivity contribution in [3.05, 3.63) is 41.5 Å². The fourth-order valence-corrected chi connectivity index (χ4v) is 4.40. The number of nitrogens with two attached hydrogens (primary N) is 1. The zero-order valence-corrected chi connectivity index (χ0v) is 15.0. The minimum atomic E-state index is -0.385. The zero-order valence-electron chi connectivity index (χ0n) is 14.1. The lowest BCUT2D eigenvalue weighted by Gasteiger charge is -2.17. The molecule has 1 atom stereocenters. The Balaban J connectivity index is 1.60. The van der Waals surface area contributed by atoms with Gasteiger partial charge < -0.3 is 15.8 Å². The molecule has 1 unspecified atom stereocenters. The van der Waals surface area contributed by atoms with Crippen LogP contribution >= 0.6 is 11.3 Å². The number of H-pyrrole nitrogens is 1. The van der Waals surface area contributed by atoms with E-state index in [1.165, 1.54) is 4.88 Å². The van der Waals surface area contributed by atoms with E-state index in [9.17, 15) is 5.11 Å². The molecule has 1 fully saturated rings. The summed E-state index contributed by atoms with van der Waals surface area (Å²) < 4.78 is 0. The first-order valence-electron chi connectivity index (χ1n) is 8.73. The molecule has 0 spiro atoms. The number of aromatic amines is 1. The molecule has 1 saturated heterocycles. The van der Waals surface area contributed by atoms with Crippen LogP contribution in [0.5, 0.6) is 0 Å². The molecule has 4 aromatic rings. The Morgan fingerprint density at radius 3 is 3.00 bits per heavy atom. The summed E-state index contributed by atoms with van der Waals surface area (Å²) >= 11 is 1.71. The van der Waals surface area contributed by atoms with Gasteiger partial charge in [-0.3, -0.25) is 4.90 Å². The molecule has 5 rings (SSSR count). The number of hydrogen-bond acceptors (Lipinski definition) is 6. The van der Waals surface area contributed by atoms with Crippen molar-refractivity contribution in [2.45, 2.75) is 25.6 Å². The van der Waals surface area contributed by atoms with Crippen LogP contribution in [0.15, 0.2) is 35.7 Å². The van der Waals surface area contributed by atoms with Gasteiger partial charge >= 0.3 is 0 Å². The third-order valence-electron chi connectivity index (χ3n) is 4.99. The van der Waals surface area contributed by atoms with Gasteiger partial charge in [0.2, 0.25) is 0 Å². The maximum atomic E-state index is 10.0. The van der Waals surface area contributed by atoms with Crippen LogP contribution in [0.3, 0.4) is 0 Å². The molecule has 1 aliphatic heterocycles. The van der Waals surface area contributed by atoms with Crippen LogP contribution in [-0.4, -0.2) is 37.7 Å². The van der Waals surface area contributed by atoms with E-state index < -0.39 is 0 Å². The summed E-state index contributed by atoms with van der Waals surface area (Å²) in [6.45, 7) is 1.47. The molecule has 132 valence electrons. The SMILES string of the molecule is Nc1nc2cc(-c3cccs3)ccc2c2[nH]c(CN3CCCC3O)nc12. The second kappa shape index (κ2) is 6.05. The number of hydrogen-bond donors (Lipinski definition) is 3. The first kappa shape index (κ1) is 15.7. The van der Waals surface area contributed by atoms with E-state index in [1.54, 1.807) is 11.3 Å². The highest BCUT2D eigenvalue weighted by Crippen LogP contribution is 2.32. The van der Waals surface area contributed by atoms with Gasteiger partial charge in [-0.25, -0.2) is 9.97 Å². The smallest absolute Gasteiger partial charge is 0.152 e. The highest BCUT2D eigenvalue weighted by Gasteiger charge is 2.23. The van der Waals surface area contributed by atoms with Gasteiger partial charge in [0.05, 0.1) is 17.6 Å². The zero-order chi connectivity index (χ0) is 17.7. The van der Waals surface area contributed by atoms with E-state index >= 15 is 0 Å². The van der Waals surface area contributed by atoms with Gasteiger partial charge in [0.25, 0.3) is 0 Å². The Hall–Kier alpha value is -2.48. The van der Waals surface area contributed by atoms with Gasteiger partial charge in [-0.2, -0.15) is 0 Å². The number of likely N-dealkylation sites (tertiary alicyclic amines) is 1. The molecular weight excluding hydrogens is 346 g/mol. The predicted octanol–water partition coefficient (Wildman–Crippen LogP) is 3.34. The molecule has 4 heterocycles. The van der Waals surface area contributed by atoms with Crippen LogP contribution in [0.4, 0.5) is 5.82 Å². The second-order valence-electron chi connectivity index (χ2n) is 6.71. The van der Waals surface area contributed by atoms with E-state index in [2.05, 4.69) is 44.6 Å². The minimum absolute atomic E-state index is 0.385. The van der Waals surface area contributed by atoms with E-state index in [1.807, 2.05) is 11.0 Å². The lowest BCUT2D eigenvalue weighted by Crippen LogP contribution is -2.28. The van der Waals surface area contributed by atoms with E-state index in [-0.39, 0.29) is 6.23 Å². The number of aliphatic hydroxyl groups is 1. The Morgan fingerprint density at radius 2 is 2.23 bits per heavy atom. The number of anilines is 1. The molecular formula is C19H19N5OS. The number of pyridine rings is 1. The second-order valence-corrected chi connectivity index (χ2v) is 7.65. The summed E-state index contributed by atoms with van der Waals surface area (Å²) in [7, 11) is 0. The van der Waals surface area contributed by atoms with Crippen molar-refractivity contribution in [2.75, 3.05) is 12.3 Å². The molecule has 1 aliphatic rings. The summed E-state index contributed by atoms with van der Waals surface area (Å²) in [5.74, 6) is 1.24. The Kier molecular flexibility index (Phi) is 3.66. The van der Waals surface area contributed by atoms with Gasteiger partial charge in [0.15, 0.2) is 5.82 Å². The van der Waals surface area contributed by atoms with Gasteiger partial charge in [0, 0.05) is 16.8 Å². The molecule has 3 aromatic heterocycles. The van der Waals surface area contributed by atoms with E-state index in [4.69, 9.17) is 5.73 Å². The highest BCUT2D eigenvalue weighted by molar-refractivity contribution is 7.13. The average Bonchev–Trinajstić information content (AvgIpc) is 3.37. The number of nitrogens with zero attached hydrogens (tertiary/aromatic N) is 3. The number of nitrogen functional groups attached to an aromatic ring is 1.